The van der Waals surface area contributed by atoms with Crippen molar-refractivity contribution in [1.29, 1.82) is 0 Å². The third-order valence-electron chi connectivity index (χ3n) is 2.47. The van der Waals surface area contributed by atoms with Crippen LogP contribution in [0.4, 0.5) is 11.4 Å². The van der Waals surface area contributed by atoms with E-state index in [4.69, 9.17) is 10.6 Å². The van der Waals surface area contributed by atoms with Crippen LogP contribution in [-0.2, 0) is 4.84 Å². The Bertz CT molecular complexity index is 553. The summed E-state index contributed by atoms with van der Waals surface area (Å²) in [5.74, 6) is -0.449. The second kappa shape index (κ2) is 5.23. The average Bonchev–Trinajstić information content (AvgIpc) is 2.38. The number of hydrogen-bond acceptors (Lipinski definition) is 4. The first-order valence-corrected chi connectivity index (χ1v) is 5.55. The van der Waals surface area contributed by atoms with Crippen LogP contribution in [0.5, 0.6) is 0 Å². The zero-order valence-corrected chi connectivity index (χ0v) is 10.0. The lowest BCUT2D eigenvalue weighted by molar-refractivity contribution is 0.0597. The molecule has 4 nitrogen and oxygen atoms in total. The Labute approximate surface area is 105 Å². The van der Waals surface area contributed by atoms with Gasteiger partial charge in [0.15, 0.2) is 0 Å². The molecule has 0 aliphatic heterocycles. The topological polar surface area (TPSA) is 64.3 Å². The molecule has 0 unspecified atom stereocenters. The fourth-order valence-electron chi connectivity index (χ4n) is 1.51. The van der Waals surface area contributed by atoms with Gasteiger partial charge in [-0.05, 0) is 36.8 Å². The van der Waals surface area contributed by atoms with Crippen LogP contribution in [-0.4, -0.2) is 5.97 Å². The molecular weight excluding hydrogens is 228 g/mol. The maximum absolute atomic E-state index is 11.7. The highest BCUT2D eigenvalue weighted by Gasteiger charge is 2.07. The molecule has 0 aliphatic carbocycles. The van der Waals surface area contributed by atoms with Crippen LogP contribution in [0, 0.1) is 6.92 Å². The lowest BCUT2D eigenvalue weighted by Crippen LogP contribution is -2.11. The number of benzene rings is 2. The molecule has 92 valence electrons. The minimum absolute atomic E-state index is 0.449. The van der Waals surface area contributed by atoms with Gasteiger partial charge in [-0.25, -0.2) is 10.3 Å². The maximum Gasteiger partial charge on any atom is 0.362 e. The van der Waals surface area contributed by atoms with Gasteiger partial charge in [-0.3, -0.25) is 0 Å². The quantitative estimate of drug-likeness (QED) is 0.641. The summed E-state index contributed by atoms with van der Waals surface area (Å²) in [7, 11) is 0. The Balaban J connectivity index is 2.02. The van der Waals surface area contributed by atoms with Crippen LogP contribution < -0.4 is 11.2 Å². The van der Waals surface area contributed by atoms with Crippen molar-refractivity contribution >= 4 is 17.3 Å². The first kappa shape index (κ1) is 12.0. The summed E-state index contributed by atoms with van der Waals surface area (Å²) in [4.78, 5) is 16.6. The van der Waals surface area contributed by atoms with E-state index in [1.54, 1.807) is 36.4 Å². The van der Waals surface area contributed by atoms with Crippen LogP contribution in [0.1, 0.15) is 15.9 Å². The van der Waals surface area contributed by atoms with Crippen LogP contribution in [0.25, 0.3) is 0 Å². The second-order valence-corrected chi connectivity index (χ2v) is 3.95. The van der Waals surface area contributed by atoms with Gasteiger partial charge >= 0.3 is 5.97 Å². The summed E-state index contributed by atoms with van der Waals surface area (Å²) in [6.45, 7) is 1.94. The molecule has 0 spiro atoms. The van der Waals surface area contributed by atoms with Gasteiger partial charge in [0.25, 0.3) is 0 Å². The fourth-order valence-corrected chi connectivity index (χ4v) is 1.51. The highest BCUT2D eigenvalue weighted by molar-refractivity contribution is 5.90. The molecule has 3 N–H and O–H groups in total. The number of carbonyl (C=O) groups excluding carboxylic acids is 1. The van der Waals surface area contributed by atoms with E-state index < -0.39 is 5.97 Å². The first-order chi connectivity index (χ1) is 8.66. The molecule has 0 bridgehead atoms. The number of anilines is 2. The largest absolute Gasteiger partial charge is 0.397 e. The molecule has 0 amide bonds. The van der Waals surface area contributed by atoms with Gasteiger partial charge in [-0.15, -0.1) is 0 Å². The van der Waals surface area contributed by atoms with Crippen molar-refractivity contribution in [2.45, 2.75) is 6.92 Å². The third kappa shape index (κ3) is 2.79. The number of nitrogen functional groups attached to an aromatic ring is 1. The lowest BCUT2D eigenvalue weighted by atomic mass is 10.2. The van der Waals surface area contributed by atoms with Gasteiger partial charge in [0.05, 0.1) is 16.9 Å². The average molecular weight is 242 g/mol. The highest BCUT2D eigenvalue weighted by atomic mass is 16.7. The number of hydrogen-bond donors (Lipinski definition) is 2. The molecule has 2 aromatic rings. The van der Waals surface area contributed by atoms with Gasteiger partial charge in [0, 0.05) is 0 Å². The second-order valence-electron chi connectivity index (χ2n) is 3.95. The molecule has 0 saturated carbocycles. The van der Waals surface area contributed by atoms with Crippen molar-refractivity contribution in [2.75, 3.05) is 11.2 Å². The van der Waals surface area contributed by atoms with Crippen LogP contribution in [0.15, 0.2) is 48.5 Å². The van der Waals surface area contributed by atoms with Crippen molar-refractivity contribution < 1.29 is 9.63 Å². The lowest BCUT2D eigenvalue weighted by Gasteiger charge is -2.09. The standard InChI is InChI=1S/C14H14N2O2/c1-10-7-8-13(12(15)9-10)16-18-14(17)11-5-3-2-4-6-11/h2-9,16H,15H2,1H3. The van der Waals surface area contributed by atoms with E-state index in [-0.39, 0.29) is 0 Å². The number of carbonyl (C=O) groups is 1. The van der Waals surface area contributed by atoms with E-state index in [1.807, 2.05) is 19.1 Å². The SMILES string of the molecule is Cc1ccc(NOC(=O)c2ccccc2)c(N)c1. The molecule has 0 aromatic heterocycles. The van der Waals surface area contributed by atoms with Gasteiger partial charge in [-0.1, -0.05) is 24.3 Å². The van der Waals surface area contributed by atoms with Crippen molar-refractivity contribution in [2.24, 2.45) is 0 Å². The molecule has 0 saturated heterocycles. The van der Waals surface area contributed by atoms with E-state index in [1.165, 1.54) is 0 Å². The number of aryl methyl sites for hydroxylation is 1. The summed E-state index contributed by atoms with van der Waals surface area (Å²) >= 11 is 0. The summed E-state index contributed by atoms with van der Waals surface area (Å²) in [5.41, 5.74) is 11.0. The smallest absolute Gasteiger partial charge is 0.362 e. The van der Waals surface area contributed by atoms with Crippen LogP contribution >= 0.6 is 0 Å². The van der Waals surface area contributed by atoms with Gasteiger partial charge in [0.1, 0.15) is 0 Å². The molecule has 2 aromatic carbocycles. The van der Waals surface area contributed by atoms with Crippen molar-refractivity contribution in [1.82, 2.24) is 0 Å². The Morgan fingerprint density at radius 1 is 1.17 bits per heavy atom. The number of rotatable bonds is 3. The number of nitrogens with two attached hydrogens (primary N) is 1. The van der Waals surface area contributed by atoms with Gasteiger partial charge in [0.2, 0.25) is 0 Å². The van der Waals surface area contributed by atoms with Gasteiger partial charge < -0.3 is 10.6 Å². The molecule has 4 heteroatoms. The van der Waals surface area contributed by atoms with E-state index in [9.17, 15) is 4.79 Å². The first-order valence-electron chi connectivity index (χ1n) is 5.55. The van der Waals surface area contributed by atoms with E-state index in [2.05, 4.69) is 5.48 Å². The summed E-state index contributed by atoms with van der Waals surface area (Å²) < 4.78 is 0. The normalized spacial score (nSPS) is 9.83. The zero-order valence-electron chi connectivity index (χ0n) is 10.0. The van der Waals surface area contributed by atoms with Crippen molar-refractivity contribution in [3.05, 3.63) is 59.7 Å². The highest BCUT2D eigenvalue weighted by Crippen LogP contribution is 2.19. The van der Waals surface area contributed by atoms with Crippen LogP contribution in [0.3, 0.4) is 0 Å². The summed E-state index contributed by atoms with van der Waals surface area (Å²) in [6, 6.07) is 14.2. The molecular formula is C14H14N2O2. The monoisotopic (exact) mass is 242 g/mol. The van der Waals surface area contributed by atoms with E-state index >= 15 is 0 Å². The maximum atomic E-state index is 11.7. The molecule has 2 rings (SSSR count). The predicted molar refractivity (Wildman–Crippen MR) is 71.1 cm³/mol. The van der Waals surface area contributed by atoms with E-state index in [0.29, 0.717) is 16.9 Å². The molecule has 0 radical (unpaired) electrons. The fraction of sp³-hybridized carbons (Fsp3) is 0.0714. The third-order valence-corrected chi connectivity index (χ3v) is 2.47. The minimum Gasteiger partial charge on any atom is -0.397 e. The minimum atomic E-state index is -0.449. The Morgan fingerprint density at radius 3 is 2.56 bits per heavy atom. The molecule has 0 heterocycles. The Kier molecular flexibility index (Phi) is 3.48. The predicted octanol–water partition coefficient (Wildman–Crippen LogP) is 2.76. The Morgan fingerprint density at radius 2 is 1.89 bits per heavy atom. The molecule has 18 heavy (non-hydrogen) atoms. The molecule has 0 aliphatic rings. The van der Waals surface area contributed by atoms with Crippen molar-refractivity contribution in [3.8, 4) is 0 Å². The molecule has 0 atom stereocenters. The zero-order chi connectivity index (χ0) is 13.0. The molecule has 0 fully saturated rings. The summed E-state index contributed by atoms with van der Waals surface area (Å²) in [6.07, 6.45) is 0. The van der Waals surface area contributed by atoms with Crippen LogP contribution in [0.2, 0.25) is 0 Å². The Hall–Kier alpha value is -2.49. The van der Waals surface area contributed by atoms with Crippen molar-refractivity contribution in [3.63, 3.8) is 0 Å². The number of nitrogens with one attached hydrogen (secondary N) is 1. The van der Waals surface area contributed by atoms with Gasteiger partial charge in [-0.2, -0.15) is 0 Å². The van der Waals surface area contributed by atoms with E-state index in [0.717, 1.165) is 5.56 Å². The summed E-state index contributed by atoms with van der Waals surface area (Å²) in [5, 5.41) is 0.